The number of hydrogen-bond donors (Lipinski definition) is 0. The average Bonchev–Trinajstić information content (AvgIpc) is 2.80. The number of esters is 4. The van der Waals surface area contributed by atoms with Crippen molar-refractivity contribution < 1.29 is 28.7 Å². The van der Waals surface area contributed by atoms with E-state index in [-0.39, 0.29) is 12.3 Å². The van der Waals surface area contributed by atoms with Crippen LogP contribution in [0.3, 0.4) is 0 Å². The lowest BCUT2D eigenvalue weighted by Crippen LogP contribution is -2.27. The first-order chi connectivity index (χ1) is 8.56. The molecule has 2 heterocycles. The summed E-state index contributed by atoms with van der Waals surface area (Å²) >= 11 is 0. The molecule has 3 aliphatic rings. The number of allylic oxidation sites excluding steroid dienone is 1. The highest BCUT2D eigenvalue weighted by Gasteiger charge is 2.47. The predicted octanol–water partition coefficient (Wildman–Crippen LogP) is 0.112. The molecular weight excluding hydrogens is 240 g/mol. The molecule has 2 fully saturated rings. The maximum absolute atomic E-state index is 11.5. The molecule has 0 aromatic carbocycles. The Kier molecular flexibility index (Phi) is 2.33. The minimum absolute atomic E-state index is 0.0579. The van der Waals surface area contributed by atoms with E-state index >= 15 is 0 Å². The summed E-state index contributed by atoms with van der Waals surface area (Å²) in [5.41, 5.74) is 0.383. The molecule has 3 atom stereocenters. The van der Waals surface area contributed by atoms with Gasteiger partial charge in [-0.1, -0.05) is 6.08 Å². The van der Waals surface area contributed by atoms with Crippen LogP contribution in [0.5, 0.6) is 0 Å². The lowest BCUT2D eigenvalue weighted by molar-refractivity contribution is -0.155. The van der Waals surface area contributed by atoms with E-state index in [1.807, 2.05) is 0 Å². The van der Waals surface area contributed by atoms with Crippen molar-refractivity contribution >= 4 is 23.9 Å². The minimum Gasteiger partial charge on any atom is -0.393 e. The van der Waals surface area contributed by atoms with Crippen molar-refractivity contribution in [3.8, 4) is 0 Å². The number of carbonyl (C=O) groups excluding carboxylic acids is 4. The molecule has 0 saturated carbocycles. The molecule has 0 aromatic rings. The number of fused-ring (bicyclic) bond motifs is 1. The van der Waals surface area contributed by atoms with Gasteiger partial charge in [-0.2, -0.15) is 0 Å². The van der Waals surface area contributed by atoms with Gasteiger partial charge in [0.1, 0.15) is 0 Å². The van der Waals surface area contributed by atoms with E-state index in [2.05, 4.69) is 9.47 Å². The Morgan fingerprint density at radius 1 is 1.06 bits per heavy atom. The average molecular weight is 250 g/mol. The van der Waals surface area contributed by atoms with Crippen LogP contribution in [-0.2, 0) is 28.7 Å². The number of carbonyl (C=O) groups is 4. The maximum atomic E-state index is 11.5. The fourth-order valence-electron chi connectivity index (χ4n) is 2.80. The second-order valence-electron chi connectivity index (χ2n) is 4.76. The summed E-state index contributed by atoms with van der Waals surface area (Å²) in [5, 5.41) is 0. The topological polar surface area (TPSA) is 86.7 Å². The standard InChI is InChI=1S/C12H10O6/c13-9-4-7(11(15)17-9)5-1-2-6-8(3-5)12(16)18-10(6)14/h2,5,7-8H,1,3-4H2. The smallest absolute Gasteiger partial charge is 0.342 e. The van der Waals surface area contributed by atoms with Crippen LogP contribution in [0.2, 0.25) is 0 Å². The third kappa shape index (κ3) is 1.56. The van der Waals surface area contributed by atoms with Gasteiger partial charge < -0.3 is 9.47 Å². The molecule has 6 heteroatoms. The molecule has 0 spiro atoms. The van der Waals surface area contributed by atoms with Crippen molar-refractivity contribution in [1.29, 1.82) is 0 Å². The number of hydrogen-bond acceptors (Lipinski definition) is 6. The third-order valence-corrected chi connectivity index (χ3v) is 3.74. The summed E-state index contributed by atoms with van der Waals surface area (Å²) in [6, 6.07) is 0. The third-order valence-electron chi connectivity index (χ3n) is 3.74. The van der Waals surface area contributed by atoms with Gasteiger partial charge in [-0.25, -0.2) is 4.79 Å². The van der Waals surface area contributed by atoms with Crippen molar-refractivity contribution in [1.82, 2.24) is 0 Å². The van der Waals surface area contributed by atoms with Crippen LogP contribution in [0.15, 0.2) is 11.6 Å². The molecule has 3 unspecified atom stereocenters. The summed E-state index contributed by atoms with van der Waals surface area (Å²) in [5.74, 6) is -3.43. The summed E-state index contributed by atoms with van der Waals surface area (Å²) < 4.78 is 9.04. The van der Waals surface area contributed by atoms with E-state index in [1.54, 1.807) is 6.08 Å². The Labute approximate surface area is 102 Å². The quantitative estimate of drug-likeness (QED) is 0.485. The van der Waals surface area contributed by atoms with Gasteiger partial charge in [-0.15, -0.1) is 0 Å². The van der Waals surface area contributed by atoms with Crippen LogP contribution in [0, 0.1) is 17.8 Å². The molecule has 0 amide bonds. The van der Waals surface area contributed by atoms with E-state index in [0.29, 0.717) is 18.4 Å². The minimum atomic E-state index is -0.589. The van der Waals surface area contributed by atoms with Crippen LogP contribution >= 0.6 is 0 Å². The zero-order valence-electron chi connectivity index (χ0n) is 9.38. The molecule has 0 radical (unpaired) electrons. The molecule has 2 saturated heterocycles. The monoisotopic (exact) mass is 250 g/mol. The van der Waals surface area contributed by atoms with E-state index in [4.69, 9.17) is 0 Å². The van der Waals surface area contributed by atoms with Crippen molar-refractivity contribution in [2.45, 2.75) is 19.3 Å². The number of rotatable bonds is 1. The first-order valence-electron chi connectivity index (χ1n) is 5.77. The fourth-order valence-corrected chi connectivity index (χ4v) is 2.80. The molecule has 2 aliphatic heterocycles. The number of cyclic esters (lactones) is 4. The molecule has 0 aromatic heterocycles. The van der Waals surface area contributed by atoms with Gasteiger partial charge in [0, 0.05) is 5.57 Å². The number of ether oxygens (including phenoxy) is 2. The Morgan fingerprint density at radius 3 is 2.50 bits per heavy atom. The van der Waals surface area contributed by atoms with Crippen molar-refractivity contribution in [3.05, 3.63) is 11.6 Å². The molecule has 3 rings (SSSR count). The Bertz CT molecular complexity index is 503. The lowest BCUT2D eigenvalue weighted by Gasteiger charge is -2.24. The first-order valence-corrected chi connectivity index (χ1v) is 5.77. The molecule has 6 nitrogen and oxygen atoms in total. The van der Waals surface area contributed by atoms with Crippen LogP contribution in [0.25, 0.3) is 0 Å². The summed E-state index contributed by atoms with van der Waals surface area (Å²) in [6.07, 6.45) is 2.55. The van der Waals surface area contributed by atoms with Gasteiger partial charge in [0.15, 0.2) is 0 Å². The maximum Gasteiger partial charge on any atom is 0.342 e. The van der Waals surface area contributed by atoms with Gasteiger partial charge in [0.2, 0.25) is 0 Å². The van der Waals surface area contributed by atoms with Crippen LogP contribution in [-0.4, -0.2) is 23.9 Å². The Morgan fingerprint density at radius 2 is 1.83 bits per heavy atom. The van der Waals surface area contributed by atoms with E-state index in [0.717, 1.165) is 0 Å². The predicted molar refractivity (Wildman–Crippen MR) is 54.6 cm³/mol. The molecular formula is C12H10O6. The molecule has 1 aliphatic carbocycles. The normalized spacial score (nSPS) is 35.1. The van der Waals surface area contributed by atoms with Gasteiger partial charge in [-0.05, 0) is 18.8 Å². The lowest BCUT2D eigenvalue weighted by atomic mass is 9.75. The Hall–Kier alpha value is -1.98. The van der Waals surface area contributed by atoms with Crippen LogP contribution in [0.4, 0.5) is 0 Å². The summed E-state index contributed by atoms with van der Waals surface area (Å²) in [4.78, 5) is 45.3. The van der Waals surface area contributed by atoms with Gasteiger partial charge in [-0.3, -0.25) is 14.4 Å². The fraction of sp³-hybridized carbons (Fsp3) is 0.500. The molecule has 0 bridgehead atoms. The van der Waals surface area contributed by atoms with E-state index in [1.165, 1.54) is 0 Å². The van der Waals surface area contributed by atoms with E-state index < -0.39 is 35.7 Å². The zero-order valence-corrected chi connectivity index (χ0v) is 9.38. The zero-order chi connectivity index (χ0) is 12.9. The highest BCUT2D eigenvalue weighted by Crippen LogP contribution is 2.40. The summed E-state index contributed by atoms with van der Waals surface area (Å²) in [7, 11) is 0. The largest absolute Gasteiger partial charge is 0.393 e. The van der Waals surface area contributed by atoms with Crippen molar-refractivity contribution in [2.24, 2.45) is 17.8 Å². The highest BCUT2D eigenvalue weighted by atomic mass is 16.6. The first kappa shape index (κ1) is 11.1. The van der Waals surface area contributed by atoms with Crippen molar-refractivity contribution in [3.63, 3.8) is 0 Å². The second-order valence-corrected chi connectivity index (χ2v) is 4.76. The van der Waals surface area contributed by atoms with Gasteiger partial charge >= 0.3 is 23.9 Å². The summed E-state index contributed by atoms with van der Waals surface area (Å²) in [6.45, 7) is 0. The highest BCUT2D eigenvalue weighted by molar-refractivity contribution is 6.07. The Balaban J connectivity index is 1.81. The SMILES string of the molecule is O=C1CC(C2CC=C3C(=O)OC(=O)C3C2)C(=O)O1. The molecule has 18 heavy (non-hydrogen) atoms. The molecule has 94 valence electrons. The van der Waals surface area contributed by atoms with Crippen molar-refractivity contribution in [2.75, 3.05) is 0 Å². The van der Waals surface area contributed by atoms with Gasteiger partial charge in [0.25, 0.3) is 0 Å². The van der Waals surface area contributed by atoms with E-state index in [9.17, 15) is 19.2 Å². The second kappa shape index (κ2) is 3.76. The van der Waals surface area contributed by atoms with Crippen LogP contribution < -0.4 is 0 Å². The van der Waals surface area contributed by atoms with Gasteiger partial charge in [0.05, 0.1) is 18.3 Å². The van der Waals surface area contributed by atoms with Crippen LogP contribution in [0.1, 0.15) is 19.3 Å². The molecule has 0 N–H and O–H groups in total.